The van der Waals surface area contributed by atoms with E-state index in [9.17, 15) is 8.42 Å². The average Bonchev–Trinajstić information content (AvgIpc) is 2.68. The predicted octanol–water partition coefficient (Wildman–Crippen LogP) is 2.22. The van der Waals surface area contributed by atoms with Gasteiger partial charge in [-0.1, -0.05) is 32.0 Å². The number of hydrogen-bond acceptors (Lipinski definition) is 6. The molecular formula is C19H26N4O3S. The van der Waals surface area contributed by atoms with Gasteiger partial charge in [0.2, 0.25) is 0 Å². The molecule has 1 aliphatic rings. The normalized spacial score (nSPS) is 15.1. The first-order valence-corrected chi connectivity index (χ1v) is 10.6. The van der Waals surface area contributed by atoms with Crippen molar-refractivity contribution in [2.75, 3.05) is 35.9 Å². The van der Waals surface area contributed by atoms with E-state index in [2.05, 4.69) is 33.8 Å². The molecule has 1 saturated heterocycles. The van der Waals surface area contributed by atoms with E-state index in [1.165, 1.54) is 6.20 Å². The fraction of sp³-hybridized carbons (Fsp3) is 0.421. The van der Waals surface area contributed by atoms with E-state index in [4.69, 9.17) is 4.74 Å². The summed E-state index contributed by atoms with van der Waals surface area (Å²) in [4.78, 5) is 6.56. The molecule has 0 amide bonds. The lowest BCUT2D eigenvalue weighted by Gasteiger charge is -2.27. The van der Waals surface area contributed by atoms with Crippen molar-refractivity contribution in [2.24, 2.45) is 0 Å². The maximum absolute atomic E-state index is 12.8. The number of hydrogen-bond donors (Lipinski definition) is 2. The maximum atomic E-state index is 12.8. The van der Waals surface area contributed by atoms with Crippen LogP contribution in [0.5, 0.6) is 0 Å². The zero-order valence-corrected chi connectivity index (χ0v) is 16.5. The van der Waals surface area contributed by atoms with Crippen molar-refractivity contribution in [1.82, 2.24) is 10.3 Å². The molecule has 1 aliphatic heterocycles. The van der Waals surface area contributed by atoms with Crippen molar-refractivity contribution in [3.8, 4) is 0 Å². The molecule has 0 bridgehead atoms. The third-order valence-electron chi connectivity index (χ3n) is 4.33. The number of para-hydroxylation sites is 1. The molecule has 0 radical (unpaired) electrons. The summed E-state index contributed by atoms with van der Waals surface area (Å²) in [5.41, 5.74) is 1.47. The number of sulfonamides is 1. The zero-order valence-electron chi connectivity index (χ0n) is 15.7. The van der Waals surface area contributed by atoms with Crippen LogP contribution in [0, 0.1) is 0 Å². The largest absolute Gasteiger partial charge is 0.378 e. The minimum absolute atomic E-state index is 0.145. The number of pyridine rings is 1. The second-order valence-corrected chi connectivity index (χ2v) is 8.43. The highest BCUT2D eigenvalue weighted by atomic mass is 32.2. The Morgan fingerprint density at radius 2 is 1.89 bits per heavy atom. The van der Waals surface area contributed by atoms with Crippen molar-refractivity contribution in [3.05, 3.63) is 48.2 Å². The van der Waals surface area contributed by atoms with Crippen LogP contribution in [0.1, 0.15) is 19.4 Å². The van der Waals surface area contributed by atoms with Crippen LogP contribution in [0.4, 0.5) is 11.5 Å². The Labute approximate surface area is 160 Å². The molecule has 3 rings (SSSR count). The van der Waals surface area contributed by atoms with Crippen LogP contribution in [-0.4, -0.2) is 45.7 Å². The van der Waals surface area contributed by atoms with Gasteiger partial charge in [-0.15, -0.1) is 0 Å². The second kappa shape index (κ2) is 8.69. The summed E-state index contributed by atoms with van der Waals surface area (Å²) in [5.74, 6) is 0.763. The van der Waals surface area contributed by atoms with Gasteiger partial charge in [-0.05, 0) is 23.8 Å². The zero-order chi connectivity index (χ0) is 19.3. The van der Waals surface area contributed by atoms with Crippen molar-refractivity contribution in [1.29, 1.82) is 0 Å². The number of morpholine rings is 1. The van der Waals surface area contributed by atoms with Crippen LogP contribution in [0.2, 0.25) is 0 Å². The number of rotatable bonds is 7. The van der Waals surface area contributed by atoms with E-state index in [0.717, 1.165) is 24.5 Å². The summed E-state index contributed by atoms with van der Waals surface area (Å²) in [6.45, 7) is 7.52. The highest BCUT2D eigenvalue weighted by Gasteiger charge is 2.18. The van der Waals surface area contributed by atoms with Crippen LogP contribution in [0.15, 0.2) is 47.5 Å². The number of anilines is 2. The van der Waals surface area contributed by atoms with E-state index < -0.39 is 10.0 Å². The number of benzene rings is 1. The summed E-state index contributed by atoms with van der Waals surface area (Å²) in [6.07, 6.45) is 1.40. The van der Waals surface area contributed by atoms with Gasteiger partial charge >= 0.3 is 0 Å². The Hall–Kier alpha value is -2.16. The monoisotopic (exact) mass is 390 g/mol. The summed E-state index contributed by atoms with van der Waals surface area (Å²) < 4.78 is 33.6. The molecule has 0 spiro atoms. The van der Waals surface area contributed by atoms with E-state index in [1.54, 1.807) is 18.2 Å². The Morgan fingerprint density at radius 1 is 1.15 bits per heavy atom. The van der Waals surface area contributed by atoms with Gasteiger partial charge in [0.05, 0.1) is 18.9 Å². The van der Waals surface area contributed by atoms with Crippen LogP contribution in [0.3, 0.4) is 0 Å². The minimum atomic E-state index is -3.71. The fourth-order valence-corrected chi connectivity index (χ4v) is 3.85. The fourth-order valence-electron chi connectivity index (χ4n) is 2.80. The first kappa shape index (κ1) is 19.6. The Morgan fingerprint density at radius 3 is 2.56 bits per heavy atom. The summed E-state index contributed by atoms with van der Waals surface area (Å²) >= 11 is 0. The van der Waals surface area contributed by atoms with Crippen molar-refractivity contribution in [3.63, 3.8) is 0 Å². The smallest absolute Gasteiger partial charge is 0.263 e. The number of aromatic nitrogens is 1. The quantitative estimate of drug-likeness (QED) is 0.754. The van der Waals surface area contributed by atoms with Crippen LogP contribution >= 0.6 is 0 Å². The highest BCUT2D eigenvalue weighted by Crippen LogP contribution is 2.21. The van der Waals surface area contributed by atoms with E-state index in [1.807, 2.05) is 18.2 Å². The Kier molecular flexibility index (Phi) is 6.30. The molecule has 0 unspecified atom stereocenters. The van der Waals surface area contributed by atoms with E-state index in [0.29, 0.717) is 31.5 Å². The third kappa shape index (κ3) is 5.18. The van der Waals surface area contributed by atoms with Crippen LogP contribution in [-0.2, 0) is 21.3 Å². The molecule has 1 aromatic carbocycles. The van der Waals surface area contributed by atoms with Gasteiger partial charge in [0, 0.05) is 31.9 Å². The first-order chi connectivity index (χ1) is 13.0. The van der Waals surface area contributed by atoms with E-state index in [-0.39, 0.29) is 4.90 Å². The Bertz CT molecular complexity index is 848. The second-order valence-electron chi connectivity index (χ2n) is 6.75. The molecule has 0 aliphatic carbocycles. The molecule has 8 heteroatoms. The molecule has 7 nitrogen and oxygen atoms in total. The van der Waals surface area contributed by atoms with Crippen molar-refractivity contribution in [2.45, 2.75) is 31.3 Å². The van der Waals surface area contributed by atoms with E-state index >= 15 is 0 Å². The summed E-state index contributed by atoms with van der Waals surface area (Å²) in [6, 6.07) is 11.0. The predicted molar refractivity (Wildman–Crippen MR) is 106 cm³/mol. The summed E-state index contributed by atoms with van der Waals surface area (Å²) in [5, 5.41) is 3.31. The first-order valence-electron chi connectivity index (χ1n) is 9.08. The number of nitrogens with zero attached hydrogens (tertiary/aromatic N) is 2. The van der Waals surface area contributed by atoms with Gasteiger partial charge in [0.15, 0.2) is 0 Å². The highest BCUT2D eigenvalue weighted by molar-refractivity contribution is 7.92. The molecule has 146 valence electrons. The molecular weight excluding hydrogens is 364 g/mol. The minimum Gasteiger partial charge on any atom is -0.378 e. The number of nitrogens with one attached hydrogen (secondary N) is 2. The molecule has 0 saturated carbocycles. The van der Waals surface area contributed by atoms with Gasteiger partial charge in [0.1, 0.15) is 10.7 Å². The number of ether oxygens (including phenoxy) is 1. The van der Waals surface area contributed by atoms with Gasteiger partial charge in [-0.3, -0.25) is 4.72 Å². The molecule has 2 aromatic rings. The lowest BCUT2D eigenvalue weighted by molar-refractivity contribution is 0.122. The average molecular weight is 391 g/mol. The molecule has 27 heavy (non-hydrogen) atoms. The lowest BCUT2D eigenvalue weighted by Crippen LogP contribution is -2.36. The van der Waals surface area contributed by atoms with Gasteiger partial charge in [-0.25, -0.2) is 13.4 Å². The molecule has 2 N–H and O–H groups in total. The SMILES string of the molecule is CC(C)NCc1ccccc1NS(=O)(=O)c1ccc(N2CCOCC2)nc1. The lowest BCUT2D eigenvalue weighted by atomic mass is 10.2. The molecule has 1 fully saturated rings. The molecule has 1 aromatic heterocycles. The van der Waals surface area contributed by atoms with Crippen LogP contribution in [0.25, 0.3) is 0 Å². The van der Waals surface area contributed by atoms with Gasteiger partial charge in [0.25, 0.3) is 10.0 Å². The van der Waals surface area contributed by atoms with Crippen molar-refractivity contribution >= 4 is 21.5 Å². The molecule has 2 heterocycles. The maximum Gasteiger partial charge on any atom is 0.263 e. The summed E-state index contributed by atoms with van der Waals surface area (Å²) in [7, 11) is -3.71. The molecule has 0 atom stereocenters. The standard InChI is InChI=1S/C19H26N4O3S/c1-15(2)20-13-16-5-3-4-6-18(16)22-27(24,25)17-7-8-19(21-14-17)23-9-11-26-12-10-23/h3-8,14-15,20,22H,9-13H2,1-2H3. The Balaban J connectivity index is 1.75. The topological polar surface area (TPSA) is 83.6 Å². The third-order valence-corrected chi connectivity index (χ3v) is 5.68. The van der Waals surface area contributed by atoms with Crippen molar-refractivity contribution < 1.29 is 13.2 Å². The van der Waals surface area contributed by atoms with Crippen LogP contribution < -0.4 is 14.9 Å². The van der Waals surface area contributed by atoms with Gasteiger partial charge < -0.3 is 15.0 Å². The van der Waals surface area contributed by atoms with Gasteiger partial charge in [-0.2, -0.15) is 0 Å².